The van der Waals surface area contributed by atoms with Crippen molar-refractivity contribution in [1.82, 2.24) is 9.72 Å². The molecule has 0 radical (unpaired) electrons. The molecule has 0 spiro atoms. The van der Waals surface area contributed by atoms with Gasteiger partial charge >= 0.3 is 5.76 Å². The summed E-state index contributed by atoms with van der Waals surface area (Å²) in [5.74, 6) is -0.500. The van der Waals surface area contributed by atoms with Gasteiger partial charge in [-0.1, -0.05) is 35.0 Å². The summed E-state index contributed by atoms with van der Waals surface area (Å²) in [6.07, 6.45) is 0. The highest BCUT2D eigenvalue weighted by Gasteiger charge is 2.23. The second kappa shape index (κ2) is 6.44. The number of aromatic nitrogens is 2. The van der Waals surface area contributed by atoms with Gasteiger partial charge in [-0.15, -0.1) is 0 Å². The molecule has 136 valence electrons. The molecular formula is C19H14ClN3O4. The van der Waals surface area contributed by atoms with Crippen molar-refractivity contribution in [2.45, 2.75) is 6.92 Å². The average molecular weight is 384 g/mol. The molecule has 4 rings (SSSR count). The third-order valence-electron chi connectivity index (χ3n) is 4.27. The summed E-state index contributed by atoms with van der Waals surface area (Å²) in [5, 5.41) is 7.24. The number of nitrogens with one attached hydrogen (secondary N) is 1. The van der Waals surface area contributed by atoms with Crippen LogP contribution >= 0.6 is 11.6 Å². The number of hydrogen-bond acceptors (Lipinski definition) is 5. The molecule has 0 saturated carbocycles. The number of hydrogen-bond donors (Lipinski definition) is 1. The highest BCUT2D eigenvalue weighted by atomic mass is 35.5. The van der Waals surface area contributed by atoms with Gasteiger partial charge in [0.2, 0.25) is 0 Å². The molecule has 4 aromatic rings. The van der Waals surface area contributed by atoms with E-state index in [0.29, 0.717) is 38.8 Å². The molecule has 0 fully saturated rings. The Morgan fingerprint density at radius 3 is 2.78 bits per heavy atom. The first-order valence-electron chi connectivity index (χ1n) is 8.08. The van der Waals surface area contributed by atoms with Crippen molar-refractivity contribution in [3.63, 3.8) is 0 Å². The Hall–Kier alpha value is -3.32. The van der Waals surface area contributed by atoms with Crippen LogP contribution in [0.15, 0.2) is 56.2 Å². The van der Waals surface area contributed by atoms with Crippen LogP contribution in [0.1, 0.15) is 16.1 Å². The Labute approximate surface area is 158 Å². The fourth-order valence-corrected chi connectivity index (χ4v) is 3.11. The normalized spacial score (nSPS) is 11.1. The Balaban J connectivity index is 1.71. The lowest BCUT2D eigenvalue weighted by Crippen LogP contribution is -2.13. The first-order valence-corrected chi connectivity index (χ1v) is 8.45. The van der Waals surface area contributed by atoms with Crippen LogP contribution in [0, 0.1) is 6.92 Å². The fraction of sp³-hybridized carbons (Fsp3) is 0.105. The lowest BCUT2D eigenvalue weighted by atomic mass is 10.1. The smallest absolute Gasteiger partial charge is 0.408 e. The minimum absolute atomic E-state index is 0.290. The molecule has 0 aliphatic rings. The number of halogens is 1. The highest BCUT2D eigenvalue weighted by molar-refractivity contribution is 6.33. The van der Waals surface area contributed by atoms with Gasteiger partial charge < -0.3 is 14.3 Å². The lowest BCUT2D eigenvalue weighted by molar-refractivity contribution is 0.102. The first kappa shape index (κ1) is 17.1. The van der Waals surface area contributed by atoms with Gasteiger partial charge in [-0.2, -0.15) is 0 Å². The van der Waals surface area contributed by atoms with Gasteiger partial charge in [0.1, 0.15) is 17.0 Å². The minimum Gasteiger partial charge on any atom is -0.408 e. The maximum atomic E-state index is 12.9. The number of nitrogens with zero attached hydrogens (tertiary/aromatic N) is 2. The molecule has 2 aromatic heterocycles. The van der Waals surface area contributed by atoms with Crippen molar-refractivity contribution < 1.29 is 13.7 Å². The third-order valence-corrected chi connectivity index (χ3v) is 4.60. The van der Waals surface area contributed by atoms with Gasteiger partial charge in [0.25, 0.3) is 5.91 Å². The van der Waals surface area contributed by atoms with Gasteiger partial charge in [-0.25, -0.2) is 4.79 Å². The summed E-state index contributed by atoms with van der Waals surface area (Å²) in [4.78, 5) is 24.5. The Morgan fingerprint density at radius 1 is 1.22 bits per heavy atom. The van der Waals surface area contributed by atoms with E-state index in [1.807, 2.05) is 0 Å². The van der Waals surface area contributed by atoms with Gasteiger partial charge in [0, 0.05) is 24.4 Å². The second-order valence-electron chi connectivity index (χ2n) is 6.01. The summed E-state index contributed by atoms with van der Waals surface area (Å²) >= 11 is 6.23. The number of fused-ring (bicyclic) bond motifs is 1. The van der Waals surface area contributed by atoms with E-state index in [2.05, 4.69) is 10.5 Å². The van der Waals surface area contributed by atoms with Gasteiger partial charge in [-0.3, -0.25) is 9.36 Å². The number of amides is 1. The number of carbonyl (C=O) groups is 1. The van der Waals surface area contributed by atoms with Crippen LogP contribution in [-0.2, 0) is 7.05 Å². The standard InChI is InChI=1S/C19H14ClN3O4/c1-10-16(17(22-27-10)12-5-3-4-6-13(12)20)18(24)21-11-7-8-14-15(9-11)26-19(25)23(14)2/h3-9H,1-2H3,(H,21,24). The maximum Gasteiger partial charge on any atom is 0.419 e. The largest absolute Gasteiger partial charge is 0.419 e. The van der Waals surface area contributed by atoms with E-state index in [4.69, 9.17) is 20.5 Å². The van der Waals surface area contributed by atoms with Gasteiger partial charge in [0.05, 0.1) is 10.5 Å². The Bertz CT molecular complexity index is 1240. The van der Waals surface area contributed by atoms with E-state index in [9.17, 15) is 9.59 Å². The van der Waals surface area contributed by atoms with E-state index in [1.54, 1.807) is 56.4 Å². The monoisotopic (exact) mass is 383 g/mol. The molecular weight excluding hydrogens is 370 g/mol. The van der Waals surface area contributed by atoms with E-state index >= 15 is 0 Å². The number of rotatable bonds is 3. The molecule has 0 aliphatic heterocycles. The molecule has 7 nitrogen and oxygen atoms in total. The van der Waals surface area contributed by atoms with Crippen LogP contribution in [0.2, 0.25) is 5.02 Å². The quantitative estimate of drug-likeness (QED) is 0.577. The van der Waals surface area contributed by atoms with Crippen molar-refractivity contribution in [3.05, 3.63) is 69.4 Å². The van der Waals surface area contributed by atoms with Crippen LogP contribution < -0.4 is 11.1 Å². The van der Waals surface area contributed by atoms with E-state index in [0.717, 1.165) is 0 Å². The summed E-state index contributed by atoms with van der Waals surface area (Å²) in [5.41, 5.74) is 2.75. The average Bonchev–Trinajstić information content (AvgIpc) is 3.15. The Kier molecular flexibility index (Phi) is 4.08. The van der Waals surface area contributed by atoms with E-state index in [1.165, 1.54) is 4.57 Å². The maximum absolute atomic E-state index is 12.9. The SMILES string of the molecule is Cc1onc(-c2ccccc2Cl)c1C(=O)Nc1ccc2c(c1)oc(=O)n2C. The molecule has 0 atom stereocenters. The van der Waals surface area contributed by atoms with Crippen molar-refractivity contribution in [1.29, 1.82) is 0 Å². The summed E-state index contributed by atoms with van der Waals surface area (Å²) in [6.45, 7) is 1.65. The van der Waals surface area contributed by atoms with Crippen LogP contribution in [0.4, 0.5) is 5.69 Å². The molecule has 1 amide bonds. The zero-order valence-electron chi connectivity index (χ0n) is 14.4. The zero-order chi connectivity index (χ0) is 19.1. The molecule has 2 heterocycles. The molecule has 1 N–H and O–H groups in total. The van der Waals surface area contributed by atoms with Crippen molar-refractivity contribution in [2.24, 2.45) is 7.05 Å². The van der Waals surface area contributed by atoms with Crippen LogP contribution in [0.3, 0.4) is 0 Å². The fourth-order valence-electron chi connectivity index (χ4n) is 2.88. The lowest BCUT2D eigenvalue weighted by Gasteiger charge is -2.07. The number of benzene rings is 2. The molecule has 0 aliphatic carbocycles. The first-order chi connectivity index (χ1) is 13.0. The van der Waals surface area contributed by atoms with E-state index in [-0.39, 0.29) is 5.56 Å². The van der Waals surface area contributed by atoms with Gasteiger partial charge in [0.15, 0.2) is 5.58 Å². The molecule has 0 bridgehead atoms. The molecule has 0 unspecified atom stereocenters. The van der Waals surface area contributed by atoms with E-state index < -0.39 is 11.7 Å². The topological polar surface area (TPSA) is 90.3 Å². The molecule has 27 heavy (non-hydrogen) atoms. The molecule has 8 heteroatoms. The molecule has 2 aromatic carbocycles. The van der Waals surface area contributed by atoms with Crippen molar-refractivity contribution in [2.75, 3.05) is 5.32 Å². The van der Waals surface area contributed by atoms with Crippen LogP contribution in [-0.4, -0.2) is 15.6 Å². The summed E-state index contributed by atoms with van der Waals surface area (Å²) < 4.78 is 11.8. The highest BCUT2D eigenvalue weighted by Crippen LogP contribution is 2.31. The predicted molar refractivity (Wildman–Crippen MR) is 101 cm³/mol. The van der Waals surface area contributed by atoms with Crippen LogP contribution in [0.5, 0.6) is 0 Å². The van der Waals surface area contributed by atoms with Crippen molar-refractivity contribution in [3.8, 4) is 11.3 Å². The number of anilines is 1. The summed E-state index contributed by atoms with van der Waals surface area (Å²) in [6, 6.07) is 12.1. The number of oxazole rings is 1. The minimum atomic E-state index is -0.468. The third kappa shape index (κ3) is 2.92. The van der Waals surface area contributed by atoms with Gasteiger partial charge in [-0.05, 0) is 25.1 Å². The predicted octanol–water partition coefficient (Wildman–Crippen LogP) is 4.00. The molecule has 0 saturated heterocycles. The number of carbonyl (C=O) groups excluding carboxylic acids is 1. The second-order valence-corrected chi connectivity index (χ2v) is 6.41. The number of aryl methyl sites for hydroxylation is 2. The summed E-state index contributed by atoms with van der Waals surface area (Å²) in [7, 11) is 1.61. The van der Waals surface area contributed by atoms with Crippen molar-refractivity contribution >= 4 is 34.3 Å². The zero-order valence-corrected chi connectivity index (χ0v) is 15.2. The van der Waals surface area contributed by atoms with Crippen LogP contribution in [0.25, 0.3) is 22.4 Å². The Morgan fingerprint density at radius 2 is 2.00 bits per heavy atom.